The molecule has 0 aliphatic carbocycles. The van der Waals surface area contributed by atoms with Gasteiger partial charge in [0, 0.05) is 17.2 Å². The van der Waals surface area contributed by atoms with Gasteiger partial charge >= 0.3 is 6.09 Å². The van der Waals surface area contributed by atoms with E-state index in [4.69, 9.17) is 4.74 Å². The number of nitrogens with one attached hydrogen (secondary N) is 2. The number of nitrogens with zero attached hydrogens (tertiary/aromatic N) is 1. The van der Waals surface area contributed by atoms with E-state index in [1.807, 2.05) is 54.6 Å². The van der Waals surface area contributed by atoms with Gasteiger partial charge in [-0.2, -0.15) is 0 Å². The molecule has 1 heterocycles. The number of anilines is 1. The molecule has 0 saturated heterocycles. The lowest BCUT2D eigenvalue weighted by molar-refractivity contribution is 0.155. The summed E-state index contributed by atoms with van der Waals surface area (Å²) in [5.41, 5.74) is 1.67. The number of amides is 1. The molecule has 7 nitrogen and oxygen atoms in total. The van der Waals surface area contributed by atoms with Crippen LogP contribution in [0.2, 0.25) is 0 Å². The molecule has 1 aromatic heterocycles. The summed E-state index contributed by atoms with van der Waals surface area (Å²) in [5, 5.41) is 2.46. The predicted octanol–water partition coefficient (Wildman–Crippen LogP) is 4.07. The topological polar surface area (TPSA) is 97.4 Å². The third kappa shape index (κ3) is 6.38. The Balaban J connectivity index is 1.55. The molecule has 150 valence electrons. The summed E-state index contributed by atoms with van der Waals surface area (Å²) in [5.74, 6) is 0.189. The number of aromatic nitrogens is 1. The number of carbonyl (C=O) groups is 1. The summed E-state index contributed by atoms with van der Waals surface area (Å²) >= 11 is 3.35. The fourth-order valence-electron chi connectivity index (χ4n) is 2.39. The van der Waals surface area contributed by atoms with Gasteiger partial charge in [-0.3, -0.25) is 5.32 Å². The van der Waals surface area contributed by atoms with Crippen molar-refractivity contribution in [1.29, 1.82) is 0 Å². The van der Waals surface area contributed by atoms with Gasteiger partial charge < -0.3 is 4.74 Å². The van der Waals surface area contributed by atoms with Crippen molar-refractivity contribution in [3.8, 4) is 0 Å². The molecule has 0 bridgehead atoms. The highest BCUT2D eigenvalue weighted by atomic mass is 79.9. The van der Waals surface area contributed by atoms with Crippen LogP contribution in [0.4, 0.5) is 10.6 Å². The van der Waals surface area contributed by atoms with Crippen LogP contribution in [0.25, 0.3) is 0 Å². The van der Waals surface area contributed by atoms with Crippen LogP contribution >= 0.6 is 15.9 Å². The van der Waals surface area contributed by atoms with Gasteiger partial charge in [0.25, 0.3) is 0 Å². The van der Waals surface area contributed by atoms with E-state index in [0.29, 0.717) is 0 Å². The molecule has 0 unspecified atom stereocenters. The lowest BCUT2D eigenvalue weighted by atomic mass is 10.2. The largest absolute Gasteiger partial charge is 0.444 e. The standard InChI is InChI=1S/C20H18BrN3O4S/c21-17-8-4-7-16(11-17)12-23-29(26,27)18-9-10-19(22-13-18)24-20(25)28-14-15-5-2-1-3-6-15/h1-11,13,23H,12,14H2,(H,22,24,25). The first-order valence-corrected chi connectivity index (χ1v) is 10.9. The van der Waals surface area contributed by atoms with Crippen LogP contribution in [0, 0.1) is 0 Å². The number of pyridine rings is 1. The molecule has 0 atom stereocenters. The molecule has 29 heavy (non-hydrogen) atoms. The average molecular weight is 476 g/mol. The second-order valence-electron chi connectivity index (χ2n) is 6.02. The number of hydrogen-bond donors (Lipinski definition) is 2. The third-order valence-electron chi connectivity index (χ3n) is 3.84. The Hall–Kier alpha value is -2.75. The molecular formula is C20H18BrN3O4S. The zero-order chi connectivity index (χ0) is 20.7. The van der Waals surface area contributed by atoms with Gasteiger partial charge in [-0.15, -0.1) is 0 Å². The van der Waals surface area contributed by atoms with Crippen molar-refractivity contribution in [2.45, 2.75) is 18.0 Å². The van der Waals surface area contributed by atoms with Crippen molar-refractivity contribution >= 4 is 37.9 Å². The van der Waals surface area contributed by atoms with Crippen LogP contribution in [-0.2, 0) is 27.9 Å². The summed E-state index contributed by atoms with van der Waals surface area (Å²) in [6.07, 6.45) is 0.500. The Morgan fingerprint density at radius 2 is 1.76 bits per heavy atom. The van der Waals surface area contributed by atoms with Gasteiger partial charge in [0.2, 0.25) is 10.0 Å². The van der Waals surface area contributed by atoms with Crippen LogP contribution in [0.5, 0.6) is 0 Å². The lowest BCUT2D eigenvalue weighted by Crippen LogP contribution is -2.23. The second-order valence-corrected chi connectivity index (χ2v) is 8.70. The predicted molar refractivity (Wildman–Crippen MR) is 113 cm³/mol. The van der Waals surface area contributed by atoms with Gasteiger partial charge in [0.05, 0.1) is 0 Å². The van der Waals surface area contributed by atoms with Crippen molar-refractivity contribution in [3.63, 3.8) is 0 Å². The van der Waals surface area contributed by atoms with Crippen LogP contribution in [-0.4, -0.2) is 19.5 Å². The minimum atomic E-state index is -3.73. The second kappa shape index (κ2) is 9.64. The minimum absolute atomic E-state index is 0.00398. The summed E-state index contributed by atoms with van der Waals surface area (Å²) in [4.78, 5) is 15.8. The number of carbonyl (C=O) groups excluding carboxylic acids is 1. The van der Waals surface area contributed by atoms with E-state index in [-0.39, 0.29) is 23.9 Å². The van der Waals surface area contributed by atoms with E-state index in [1.54, 1.807) is 0 Å². The number of halogens is 1. The van der Waals surface area contributed by atoms with Gasteiger partial charge in [-0.05, 0) is 35.4 Å². The van der Waals surface area contributed by atoms with Crippen LogP contribution < -0.4 is 10.0 Å². The summed E-state index contributed by atoms with van der Waals surface area (Å²) in [7, 11) is -3.73. The Morgan fingerprint density at radius 1 is 1.00 bits per heavy atom. The maximum absolute atomic E-state index is 12.4. The maximum Gasteiger partial charge on any atom is 0.413 e. The van der Waals surface area contributed by atoms with Crippen LogP contribution in [0.3, 0.4) is 0 Å². The Kier molecular flexibility index (Phi) is 6.97. The first-order chi connectivity index (χ1) is 13.9. The van der Waals surface area contributed by atoms with E-state index in [0.717, 1.165) is 15.6 Å². The highest BCUT2D eigenvalue weighted by Crippen LogP contribution is 2.14. The minimum Gasteiger partial charge on any atom is -0.444 e. The van der Waals surface area contributed by atoms with Gasteiger partial charge in [0.15, 0.2) is 0 Å². The molecule has 3 rings (SSSR count). The smallest absolute Gasteiger partial charge is 0.413 e. The fourth-order valence-corrected chi connectivity index (χ4v) is 3.79. The molecule has 2 N–H and O–H groups in total. The lowest BCUT2D eigenvalue weighted by Gasteiger charge is -2.09. The molecule has 0 radical (unpaired) electrons. The highest BCUT2D eigenvalue weighted by molar-refractivity contribution is 9.10. The zero-order valence-corrected chi connectivity index (χ0v) is 17.6. The van der Waals surface area contributed by atoms with Gasteiger partial charge in [0.1, 0.15) is 17.3 Å². The fraction of sp³-hybridized carbons (Fsp3) is 0.100. The molecule has 3 aromatic rings. The first-order valence-electron chi connectivity index (χ1n) is 8.60. The Bertz CT molecular complexity index is 1070. The zero-order valence-electron chi connectivity index (χ0n) is 15.2. The number of sulfonamides is 1. The molecular weight excluding hydrogens is 458 g/mol. The Morgan fingerprint density at radius 3 is 2.45 bits per heavy atom. The SMILES string of the molecule is O=C(Nc1ccc(S(=O)(=O)NCc2cccc(Br)c2)cn1)OCc1ccccc1. The molecule has 0 spiro atoms. The van der Waals surface area contributed by atoms with E-state index in [9.17, 15) is 13.2 Å². The molecule has 1 amide bonds. The molecule has 9 heteroatoms. The quantitative estimate of drug-likeness (QED) is 0.536. The first kappa shape index (κ1) is 21.0. The van der Waals surface area contributed by atoms with E-state index >= 15 is 0 Å². The molecule has 0 fully saturated rings. The van der Waals surface area contributed by atoms with Crippen molar-refractivity contribution in [2.75, 3.05) is 5.32 Å². The number of benzene rings is 2. The van der Waals surface area contributed by atoms with E-state index in [2.05, 4.69) is 31.0 Å². The maximum atomic E-state index is 12.4. The third-order valence-corrected chi connectivity index (χ3v) is 5.72. The monoisotopic (exact) mass is 475 g/mol. The van der Waals surface area contributed by atoms with Gasteiger partial charge in [-0.1, -0.05) is 58.4 Å². The van der Waals surface area contributed by atoms with E-state index in [1.165, 1.54) is 18.3 Å². The summed E-state index contributed by atoms with van der Waals surface area (Å²) in [6, 6.07) is 19.3. The molecule has 2 aromatic carbocycles. The number of rotatable bonds is 7. The number of ether oxygens (including phenoxy) is 1. The highest BCUT2D eigenvalue weighted by Gasteiger charge is 2.15. The van der Waals surface area contributed by atoms with Crippen molar-refractivity contribution < 1.29 is 17.9 Å². The Labute approximate surface area is 177 Å². The van der Waals surface area contributed by atoms with Crippen molar-refractivity contribution in [1.82, 2.24) is 9.71 Å². The molecule has 0 saturated carbocycles. The average Bonchev–Trinajstić information content (AvgIpc) is 2.72. The van der Waals surface area contributed by atoms with Crippen molar-refractivity contribution in [2.24, 2.45) is 0 Å². The van der Waals surface area contributed by atoms with Crippen molar-refractivity contribution in [3.05, 3.63) is 88.5 Å². The van der Waals surface area contributed by atoms with Crippen LogP contribution in [0.15, 0.2) is 82.3 Å². The van der Waals surface area contributed by atoms with E-state index < -0.39 is 16.1 Å². The molecule has 0 aliphatic rings. The normalized spacial score (nSPS) is 11.1. The summed E-state index contributed by atoms with van der Waals surface area (Å²) < 4.78 is 33.3. The number of hydrogen-bond acceptors (Lipinski definition) is 5. The van der Waals surface area contributed by atoms with Crippen LogP contribution in [0.1, 0.15) is 11.1 Å². The molecule has 0 aliphatic heterocycles. The summed E-state index contributed by atoms with van der Waals surface area (Å²) in [6.45, 7) is 0.270. The van der Waals surface area contributed by atoms with Gasteiger partial charge in [-0.25, -0.2) is 22.9 Å².